The van der Waals surface area contributed by atoms with Gasteiger partial charge in [-0.25, -0.2) is 9.59 Å². The highest BCUT2D eigenvalue weighted by molar-refractivity contribution is 6.02. The number of hydrogen-bond acceptors (Lipinski definition) is 7. The number of carbonyl (C=O) groups excluding carboxylic acids is 1. The zero-order valence-electron chi connectivity index (χ0n) is 25.2. The molecule has 0 amide bonds. The monoisotopic (exact) mass is 566 g/mol. The van der Waals surface area contributed by atoms with Crippen molar-refractivity contribution in [2.75, 3.05) is 52.9 Å². The van der Waals surface area contributed by atoms with Gasteiger partial charge in [0.15, 0.2) is 0 Å². The molecule has 1 aromatic carbocycles. The van der Waals surface area contributed by atoms with E-state index < -0.39 is 18.0 Å². The molecule has 0 aliphatic carbocycles. The molecule has 0 aliphatic rings. The first-order valence-corrected chi connectivity index (χ1v) is 15.4. The summed E-state index contributed by atoms with van der Waals surface area (Å²) < 4.78 is 28.6. The summed E-state index contributed by atoms with van der Waals surface area (Å²) in [6.45, 7) is 10.4. The molecule has 0 saturated heterocycles. The van der Waals surface area contributed by atoms with Crippen LogP contribution in [0.4, 0.5) is 0 Å². The van der Waals surface area contributed by atoms with Crippen LogP contribution in [-0.4, -0.2) is 76.0 Å². The van der Waals surface area contributed by atoms with Gasteiger partial charge >= 0.3 is 11.9 Å². The first-order valence-electron chi connectivity index (χ1n) is 15.4. The zero-order valence-corrected chi connectivity index (χ0v) is 25.2. The van der Waals surface area contributed by atoms with E-state index in [-0.39, 0.29) is 17.7 Å². The minimum absolute atomic E-state index is 0.000314. The van der Waals surface area contributed by atoms with E-state index in [2.05, 4.69) is 20.8 Å². The van der Waals surface area contributed by atoms with Crippen LogP contribution in [0.1, 0.15) is 112 Å². The third-order valence-electron chi connectivity index (χ3n) is 6.85. The minimum atomic E-state index is -1.17. The number of ether oxygens (including phenoxy) is 5. The standard InChI is InChI=1S/C32H54O8/c1-4-7-9-10-11-14-19-36-23-24-39-28(18-20-37-21-22-38-25-27(6-3)15-8-5-2)26-40-32(35)30-17-13-12-16-29(30)31(33)34/h12-13,16-17,27-28H,4-11,14-15,18-26H2,1-3H3,(H,33,34). The molecule has 1 aromatic rings. The molecule has 0 aromatic heterocycles. The molecule has 0 aliphatic heterocycles. The quantitative estimate of drug-likeness (QED) is 0.0902. The van der Waals surface area contributed by atoms with Gasteiger partial charge in [0.1, 0.15) is 6.61 Å². The fourth-order valence-electron chi connectivity index (χ4n) is 4.25. The molecule has 2 atom stereocenters. The van der Waals surface area contributed by atoms with Crippen molar-refractivity contribution in [1.29, 1.82) is 0 Å². The SMILES string of the molecule is CCCCCCCCOCCOC(CCOCCOCC(CC)CCCC)COC(=O)c1ccccc1C(=O)O. The Morgan fingerprint density at radius 1 is 0.700 bits per heavy atom. The second kappa shape index (κ2) is 24.8. The molecule has 0 saturated carbocycles. The Hall–Kier alpha value is -2.00. The highest BCUT2D eigenvalue weighted by atomic mass is 16.6. The Kier molecular flexibility index (Phi) is 22.3. The molecule has 40 heavy (non-hydrogen) atoms. The fourth-order valence-corrected chi connectivity index (χ4v) is 4.25. The molecule has 8 heteroatoms. The molecule has 0 bridgehead atoms. The van der Waals surface area contributed by atoms with Gasteiger partial charge in [-0.15, -0.1) is 0 Å². The summed E-state index contributed by atoms with van der Waals surface area (Å²) in [6, 6.07) is 6.02. The van der Waals surface area contributed by atoms with Crippen molar-refractivity contribution >= 4 is 11.9 Å². The number of carboxylic acid groups (broad SMARTS) is 1. The second-order valence-electron chi connectivity index (χ2n) is 10.2. The average molecular weight is 567 g/mol. The number of unbranched alkanes of at least 4 members (excludes halogenated alkanes) is 6. The molecule has 0 spiro atoms. The summed E-state index contributed by atoms with van der Waals surface area (Å²) in [4.78, 5) is 24.1. The molecule has 230 valence electrons. The van der Waals surface area contributed by atoms with Crippen molar-refractivity contribution in [2.45, 2.75) is 97.5 Å². The molecule has 0 fully saturated rings. The van der Waals surface area contributed by atoms with E-state index in [1.807, 2.05) is 0 Å². The predicted molar refractivity (Wildman–Crippen MR) is 157 cm³/mol. The van der Waals surface area contributed by atoms with Gasteiger partial charge < -0.3 is 28.8 Å². The molecule has 2 unspecified atom stereocenters. The van der Waals surface area contributed by atoms with E-state index in [0.29, 0.717) is 52.0 Å². The van der Waals surface area contributed by atoms with Gasteiger partial charge in [-0.2, -0.15) is 0 Å². The largest absolute Gasteiger partial charge is 0.478 e. The smallest absolute Gasteiger partial charge is 0.339 e. The fraction of sp³-hybridized carbons (Fsp3) is 0.750. The maximum Gasteiger partial charge on any atom is 0.339 e. The van der Waals surface area contributed by atoms with Crippen molar-refractivity contribution in [3.63, 3.8) is 0 Å². The maximum atomic E-state index is 12.6. The number of hydrogen-bond donors (Lipinski definition) is 1. The molecule has 1 N–H and O–H groups in total. The van der Waals surface area contributed by atoms with Crippen LogP contribution >= 0.6 is 0 Å². The van der Waals surface area contributed by atoms with Gasteiger partial charge in [0, 0.05) is 26.2 Å². The van der Waals surface area contributed by atoms with E-state index in [4.69, 9.17) is 23.7 Å². The Morgan fingerprint density at radius 2 is 1.35 bits per heavy atom. The van der Waals surface area contributed by atoms with Gasteiger partial charge in [0.05, 0.1) is 43.7 Å². The predicted octanol–water partition coefficient (Wildman–Crippen LogP) is 6.94. The van der Waals surface area contributed by atoms with Crippen LogP contribution in [0.2, 0.25) is 0 Å². The number of benzene rings is 1. The lowest BCUT2D eigenvalue weighted by Gasteiger charge is -2.19. The van der Waals surface area contributed by atoms with Crippen LogP contribution < -0.4 is 0 Å². The van der Waals surface area contributed by atoms with Gasteiger partial charge in [-0.3, -0.25) is 0 Å². The first kappa shape index (κ1) is 36.0. The van der Waals surface area contributed by atoms with Gasteiger partial charge in [0.25, 0.3) is 0 Å². The third kappa shape index (κ3) is 17.6. The van der Waals surface area contributed by atoms with Gasteiger partial charge in [-0.1, -0.05) is 84.3 Å². The van der Waals surface area contributed by atoms with Crippen LogP contribution in [0.3, 0.4) is 0 Å². The molecular weight excluding hydrogens is 512 g/mol. The number of rotatable bonds is 27. The van der Waals surface area contributed by atoms with Gasteiger partial charge in [-0.05, 0) is 30.9 Å². The van der Waals surface area contributed by atoms with Crippen LogP contribution in [0.5, 0.6) is 0 Å². The van der Waals surface area contributed by atoms with Crippen LogP contribution in [-0.2, 0) is 23.7 Å². The normalized spacial score (nSPS) is 12.8. The molecule has 8 nitrogen and oxygen atoms in total. The number of aromatic carboxylic acids is 1. The number of carboxylic acids is 1. The first-order chi connectivity index (χ1) is 19.5. The second-order valence-corrected chi connectivity index (χ2v) is 10.2. The molecule has 1 rings (SSSR count). The Labute approximate surface area is 242 Å². The highest BCUT2D eigenvalue weighted by Crippen LogP contribution is 2.13. The average Bonchev–Trinajstić information content (AvgIpc) is 2.97. The van der Waals surface area contributed by atoms with Gasteiger partial charge in [0.2, 0.25) is 0 Å². The Morgan fingerprint density at radius 3 is 2.08 bits per heavy atom. The minimum Gasteiger partial charge on any atom is -0.478 e. The summed E-state index contributed by atoms with van der Waals surface area (Å²) in [5.41, 5.74) is -0.0647. The molecule has 0 heterocycles. The van der Waals surface area contributed by atoms with Crippen molar-refractivity contribution in [1.82, 2.24) is 0 Å². The maximum absolute atomic E-state index is 12.6. The lowest BCUT2D eigenvalue weighted by molar-refractivity contribution is -0.0454. The zero-order chi connectivity index (χ0) is 29.3. The molecule has 0 radical (unpaired) electrons. The number of carbonyl (C=O) groups is 2. The van der Waals surface area contributed by atoms with Crippen LogP contribution in [0.25, 0.3) is 0 Å². The Balaban J connectivity index is 2.41. The van der Waals surface area contributed by atoms with E-state index >= 15 is 0 Å². The van der Waals surface area contributed by atoms with Crippen molar-refractivity contribution in [3.8, 4) is 0 Å². The topological polar surface area (TPSA) is 101 Å². The van der Waals surface area contributed by atoms with Crippen LogP contribution in [0, 0.1) is 5.92 Å². The lowest BCUT2D eigenvalue weighted by atomic mass is 10.0. The number of esters is 1. The highest BCUT2D eigenvalue weighted by Gasteiger charge is 2.19. The van der Waals surface area contributed by atoms with Crippen molar-refractivity contribution in [3.05, 3.63) is 35.4 Å². The summed E-state index contributed by atoms with van der Waals surface area (Å²) in [6.07, 6.45) is 12.2. The van der Waals surface area contributed by atoms with Crippen molar-refractivity contribution < 1.29 is 38.4 Å². The summed E-state index contributed by atoms with van der Waals surface area (Å²) >= 11 is 0. The third-order valence-corrected chi connectivity index (χ3v) is 6.85. The van der Waals surface area contributed by atoms with Crippen LogP contribution in [0.15, 0.2) is 24.3 Å². The van der Waals surface area contributed by atoms with E-state index in [1.54, 1.807) is 12.1 Å². The Bertz CT molecular complexity index is 769. The summed E-state index contributed by atoms with van der Waals surface area (Å²) in [5.74, 6) is -1.26. The van der Waals surface area contributed by atoms with Crippen molar-refractivity contribution in [2.24, 2.45) is 5.92 Å². The van der Waals surface area contributed by atoms with E-state index in [1.165, 1.54) is 63.5 Å². The molecular formula is C32H54O8. The summed E-state index contributed by atoms with van der Waals surface area (Å²) in [5, 5.41) is 9.36. The summed E-state index contributed by atoms with van der Waals surface area (Å²) in [7, 11) is 0. The van der Waals surface area contributed by atoms with E-state index in [9.17, 15) is 14.7 Å². The van der Waals surface area contributed by atoms with E-state index in [0.717, 1.165) is 19.4 Å². The lowest BCUT2D eigenvalue weighted by Crippen LogP contribution is -2.26.